The molecule has 1 unspecified atom stereocenters. The summed E-state index contributed by atoms with van der Waals surface area (Å²) in [5.41, 5.74) is 0. The lowest BCUT2D eigenvalue weighted by Gasteiger charge is -2.25. The number of likely N-dealkylation sites (N-methyl/N-ethyl adjacent to an activating group) is 1. The standard InChI is InChI=1S/C22H47NO.C5H14NO4P/c1-2-3-4-5-6-7-8-9-10-11-12-13-14-15-16-17-20-23-21-18-19-22-24;1-6(2,3)4-5-10-11(7,8)9/h23-24H,2-22H2,1H3;4-5H2,1-3H3,(H-,7,8,9). The molecule has 3 N–H and O–H groups in total. The summed E-state index contributed by atoms with van der Waals surface area (Å²) in [5, 5.41) is 12.1. The number of quaternary nitrogens is 1. The lowest BCUT2D eigenvalue weighted by atomic mass is 10.0. The first kappa shape index (κ1) is 37.1. The molecule has 8 heteroatoms. The van der Waals surface area contributed by atoms with Crippen LogP contribution in [0.15, 0.2) is 0 Å². The highest BCUT2D eigenvalue weighted by Gasteiger charge is 2.09. The second-order valence-corrected chi connectivity index (χ2v) is 12.0. The zero-order valence-electron chi connectivity index (χ0n) is 23.8. The van der Waals surface area contributed by atoms with Crippen LogP contribution in [0.2, 0.25) is 0 Å². The van der Waals surface area contributed by atoms with Crippen molar-refractivity contribution in [2.24, 2.45) is 0 Å². The lowest BCUT2D eigenvalue weighted by molar-refractivity contribution is -0.870. The van der Waals surface area contributed by atoms with Crippen molar-refractivity contribution in [1.82, 2.24) is 5.32 Å². The Morgan fingerprint density at radius 2 is 1.09 bits per heavy atom. The van der Waals surface area contributed by atoms with E-state index in [1.54, 1.807) is 0 Å². The molecule has 0 spiro atoms. The largest absolute Gasteiger partial charge is 0.756 e. The van der Waals surface area contributed by atoms with Gasteiger partial charge in [0.1, 0.15) is 13.2 Å². The Hall–Kier alpha value is -0.0100. The number of phosphoric acid groups is 1. The number of hydrogen-bond acceptors (Lipinski definition) is 5. The van der Waals surface area contributed by atoms with E-state index in [2.05, 4.69) is 16.8 Å². The molecule has 0 aliphatic heterocycles. The van der Waals surface area contributed by atoms with E-state index in [1.165, 1.54) is 103 Å². The van der Waals surface area contributed by atoms with Gasteiger partial charge in [0.05, 0.1) is 21.1 Å². The van der Waals surface area contributed by atoms with Gasteiger partial charge in [-0.2, -0.15) is 0 Å². The Morgan fingerprint density at radius 3 is 1.43 bits per heavy atom. The maximum Gasteiger partial charge on any atom is 0.265 e. The Balaban J connectivity index is 0. The first-order valence-corrected chi connectivity index (χ1v) is 15.9. The van der Waals surface area contributed by atoms with Crippen LogP contribution in [0.1, 0.15) is 122 Å². The van der Waals surface area contributed by atoms with Gasteiger partial charge in [0, 0.05) is 6.61 Å². The summed E-state index contributed by atoms with van der Waals surface area (Å²) < 4.78 is 14.8. The van der Waals surface area contributed by atoms with Crippen molar-refractivity contribution < 1.29 is 28.5 Å². The van der Waals surface area contributed by atoms with Crippen molar-refractivity contribution in [3.05, 3.63) is 0 Å². The third-order valence-corrected chi connectivity index (χ3v) is 6.49. The molecule has 7 nitrogen and oxygen atoms in total. The fourth-order valence-electron chi connectivity index (χ4n) is 3.71. The van der Waals surface area contributed by atoms with Crippen LogP contribution < -0.4 is 10.2 Å². The van der Waals surface area contributed by atoms with Crippen molar-refractivity contribution in [1.29, 1.82) is 0 Å². The summed E-state index contributed by atoms with van der Waals surface area (Å²) in [5.74, 6) is 0. The van der Waals surface area contributed by atoms with E-state index in [0.29, 0.717) is 17.6 Å². The molecule has 0 radical (unpaired) electrons. The molecule has 214 valence electrons. The molecule has 0 fully saturated rings. The number of nitrogens with zero attached hydrogens (tertiary/aromatic N) is 1. The fraction of sp³-hybridized carbons (Fsp3) is 1.00. The van der Waals surface area contributed by atoms with Gasteiger partial charge < -0.3 is 29.2 Å². The van der Waals surface area contributed by atoms with Crippen LogP contribution in [-0.4, -0.2) is 68.5 Å². The average molecular weight is 525 g/mol. The van der Waals surface area contributed by atoms with E-state index in [9.17, 15) is 9.46 Å². The molecule has 0 amide bonds. The SMILES string of the molecule is CCCCCCCCCCCCCCCCCCNCCCCO.C[N+](C)(C)CCOP(=O)([O-])O. The highest BCUT2D eigenvalue weighted by molar-refractivity contribution is 7.44. The number of aliphatic hydroxyl groups is 1. The molecule has 0 aromatic rings. The van der Waals surface area contributed by atoms with E-state index >= 15 is 0 Å². The number of aliphatic hydroxyl groups excluding tert-OH is 1. The summed E-state index contributed by atoms with van der Waals surface area (Å²) in [4.78, 5) is 18.3. The number of phosphoric ester groups is 1. The van der Waals surface area contributed by atoms with E-state index < -0.39 is 7.82 Å². The van der Waals surface area contributed by atoms with E-state index in [0.717, 1.165) is 25.9 Å². The van der Waals surface area contributed by atoms with Crippen molar-refractivity contribution in [3.63, 3.8) is 0 Å². The van der Waals surface area contributed by atoms with Gasteiger partial charge in [-0.3, -0.25) is 4.57 Å². The van der Waals surface area contributed by atoms with E-state index in [1.807, 2.05) is 21.1 Å². The lowest BCUT2D eigenvalue weighted by Crippen LogP contribution is -2.37. The minimum absolute atomic E-state index is 0.0147. The molecular weight excluding hydrogens is 463 g/mol. The molecule has 0 aromatic heterocycles. The number of hydrogen-bond donors (Lipinski definition) is 3. The topological polar surface area (TPSA) is 102 Å². The summed E-state index contributed by atoms with van der Waals surface area (Å²) in [6, 6.07) is 0. The molecule has 0 saturated carbocycles. The maximum atomic E-state index is 10.1. The van der Waals surface area contributed by atoms with Gasteiger partial charge in [-0.05, 0) is 32.4 Å². The molecule has 0 aromatic carbocycles. The zero-order valence-corrected chi connectivity index (χ0v) is 24.7. The third kappa shape index (κ3) is 41.4. The smallest absolute Gasteiger partial charge is 0.265 e. The first-order chi connectivity index (χ1) is 16.6. The molecule has 0 aliphatic carbocycles. The highest BCUT2D eigenvalue weighted by atomic mass is 31.2. The van der Waals surface area contributed by atoms with Crippen LogP contribution in [-0.2, 0) is 9.09 Å². The van der Waals surface area contributed by atoms with Gasteiger partial charge in [0.15, 0.2) is 0 Å². The van der Waals surface area contributed by atoms with Gasteiger partial charge in [0.25, 0.3) is 7.82 Å². The van der Waals surface area contributed by atoms with Gasteiger partial charge in [-0.1, -0.05) is 103 Å². The second-order valence-electron chi connectivity index (χ2n) is 10.8. The predicted octanol–water partition coefficient (Wildman–Crippen LogP) is 5.78. The van der Waals surface area contributed by atoms with Gasteiger partial charge >= 0.3 is 0 Å². The molecule has 35 heavy (non-hydrogen) atoms. The van der Waals surface area contributed by atoms with Crippen molar-refractivity contribution in [2.45, 2.75) is 122 Å². The first-order valence-electron chi connectivity index (χ1n) is 14.4. The van der Waals surface area contributed by atoms with E-state index in [4.69, 9.17) is 10.00 Å². The number of unbranched alkanes of at least 4 members (excludes halogenated alkanes) is 16. The molecular formula is C27H61N2O5P. The third-order valence-electron chi connectivity index (χ3n) is 5.99. The van der Waals surface area contributed by atoms with Crippen LogP contribution in [0.4, 0.5) is 0 Å². The van der Waals surface area contributed by atoms with Crippen molar-refractivity contribution in [3.8, 4) is 0 Å². The van der Waals surface area contributed by atoms with Gasteiger partial charge in [0.2, 0.25) is 0 Å². The molecule has 0 rings (SSSR count). The zero-order chi connectivity index (χ0) is 26.7. The van der Waals surface area contributed by atoms with Crippen LogP contribution in [0.25, 0.3) is 0 Å². The van der Waals surface area contributed by atoms with Crippen molar-refractivity contribution in [2.75, 3.05) is 54.0 Å². The fourth-order valence-corrected chi connectivity index (χ4v) is 4.03. The molecule has 1 atom stereocenters. The average Bonchev–Trinajstić information content (AvgIpc) is 2.76. The summed E-state index contributed by atoms with van der Waals surface area (Å²) in [7, 11) is 1.19. The van der Waals surface area contributed by atoms with Gasteiger partial charge in [-0.25, -0.2) is 0 Å². The monoisotopic (exact) mass is 524 g/mol. The van der Waals surface area contributed by atoms with Crippen LogP contribution in [0, 0.1) is 0 Å². The second kappa shape index (κ2) is 27.0. The normalized spacial score (nSPS) is 13.3. The molecule has 0 aliphatic rings. The Labute approximate surface area is 218 Å². The number of rotatable bonds is 25. The van der Waals surface area contributed by atoms with Crippen LogP contribution in [0.3, 0.4) is 0 Å². The van der Waals surface area contributed by atoms with Gasteiger partial charge in [-0.15, -0.1) is 0 Å². The molecule has 0 heterocycles. The minimum Gasteiger partial charge on any atom is -0.756 e. The Kier molecular flexibility index (Phi) is 28.7. The minimum atomic E-state index is -4.51. The summed E-state index contributed by atoms with van der Waals surface area (Å²) >= 11 is 0. The molecule has 0 saturated heterocycles. The molecule has 0 bridgehead atoms. The summed E-state index contributed by atoms with van der Waals surface area (Å²) in [6.45, 7) is 5.40. The quantitative estimate of drug-likeness (QED) is 0.0795. The number of nitrogens with one attached hydrogen (secondary N) is 1. The van der Waals surface area contributed by atoms with Crippen molar-refractivity contribution >= 4 is 7.82 Å². The Morgan fingerprint density at radius 1 is 0.714 bits per heavy atom. The summed E-state index contributed by atoms with van der Waals surface area (Å²) in [6.07, 6.45) is 25.0. The van der Waals surface area contributed by atoms with Crippen LogP contribution in [0.5, 0.6) is 0 Å². The maximum absolute atomic E-state index is 10.1. The Bertz CT molecular complexity index is 433. The predicted molar refractivity (Wildman–Crippen MR) is 147 cm³/mol. The van der Waals surface area contributed by atoms with E-state index in [-0.39, 0.29) is 6.61 Å². The van der Waals surface area contributed by atoms with Crippen LogP contribution >= 0.6 is 7.82 Å². The highest BCUT2D eigenvalue weighted by Crippen LogP contribution is 2.29.